The predicted octanol–water partition coefficient (Wildman–Crippen LogP) is 4.76. The summed E-state index contributed by atoms with van der Waals surface area (Å²) in [5.74, 6) is -0.714. The average Bonchev–Trinajstić information content (AvgIpc) is 3.22. The number of aromatic nitrogens is 1. The number of hydrogen-bond acceptors (Lipinski definition) is 3. The molecule has 1 saturated carbocycles. The summed E-state index contributed by atoms with van der Waals surface area (Å²) in [4.78, 5) is 29.0. The summed E-state index contributed by atoms with van der Waals surface area (Å²) in [6, 6.07) is 12.9. The zero-order chi connectivity index (χ0) is 22.8. The highest BCUT2D eigenvalue weighted by Gasteiger charge is 2.23. The molecule has 8 heteroatoms. The van der Waals surface area contributed by atoms with Gasteiger partial charge in [-0.2, -0.15) is 0 Å². The van der Waals surface area contributed by atoms with Gasteiger partial charge in [-0.3, -0.25) is 14.1 Å². The number of amides is 1. The molecule has 1 heterocycles. The molecule has 2 N–H and O–H groups in total. The van der Waals surface area contributed by atoms with Crippen LogP contribution in [-0.2, 0) is 16.1 Å². The minimum absolute atomic E-state index is 0.233. The largest absolute Gasteiger partial charge is 0.360 e. The van der Waals surface area contributed by atoms with Gasteiger partial charge in [-0.25, -0.2) is 8.51 Å². The van der Waals surface area contributed by atoms with Gasteiger partial charge in [0, 0.05) is 31.2 Å². The van der Waals surface area contributed by atoms with Gasteiger partial charge in [0.2, 0.25) is 0 Å². The maximum absolute atomic E-state index is 12.6. The molecule has 1 aliphatic rings. The second kappa shape index (κ2) is 9.26. The summed E-state index contributed by atoms with van der Waals surface area (Å²) >= 11 is -2.32. The monoisotopic (exact) mass is 453 g/mol. The average molecular weight is 454 g/mol. The fraction of sp³-hybridized carbons (Fsp3) is 0.333. The van der Waals surface area contributed by atoms with Gasteiger partial charge in [0.05, 0.1) is 16.9 Å². The molecule has 4 rings (SSSR count). The van der Waals surface area contributed by atoms with Crippen LogP contribution in [0.25, 0.3) is 10.9 Å². The lowest BCUT2D eigenvalue weighted by atomic mass is 9.84. The summed E-state index contributed by atoms with van der Waals surface area (Å²) in [6.45, 7) is 0. The third-order valence-electron chi connectivity index (χ3n) is 6.11. The third kappa shape index (κ3) is 4.33. The van der Waals surface area contributed by atoms with Crippen LogP contribution in [0.1, 0.15) is 53.9 Å². The zero-order valence-electron chi connectivity index (χ0n) is 18.2. The molecule has 1 aliphatic carbocycles. The quantitative estimate of drug-likeness (QED) is 0.320. The van der Waals surface area contributed by atoms with Gasteiger partial charge in [0.25, 0.3) is 23.0 Å². The van der Waals surface area contributed by atoms with Gasteiger partial charge in [-0.1, -0.05) is 31.4 Å². The lowest BCUT2D eigenvalue weighted by molar-refractivity contribution is -0.124. The first-order chi connectivity index (χ1) is 15.4. The van der Waals surface area contributed by atoms with Crippen molar-refractivity contribution >= 4 is 45.2 Å². The molecule has 1 amide bonds. The maximum Gasteiger partial charge on any atom is 0.294 e. The van der Waals surface area contributed by atoms with Crippen molar-refractivity contribution in [3.05, 3.63) is 59.8 Å². The van der Waals surface area contributed by atoms with Crippen molar-refractivity contribution in [2.45, 2.75) is 38.0 Å². The van der Waals surface area contributed by atoms with E-state index in [1.165, 1.54) is 67.2 Å². The van der Waals surface area contributed by atoms with E-state index in [2.05, 4.69) is 4.98 Å². The van der Waals surface area contributed by atoms with Crippen LogP contribution in [-0.4, -0.2) is 44.4 Å². The Morgan fingerprint density at radius 1 is 1.00 bits per heavy atom. The van der Waals surface area contributed by atoms with Crippen molar-refractivity contribution in [3.8, 4) is 0 Å². The number of ketones is 1. The van der Waals surface area contributed by atoms with Crippen LogP contribution >= 0.6 is 0 Å². The van der Waals surface area contributed by atoms with Crippen molar-refractivity contribution in [1.82, 2.24) is 9.88 Å². The number of nitrogens with one attached hydrogen (secondary N) is 1. The highest BCUT2D eigenvalue weighted by Crippen LogP contribution is 2.35. The SMILES string of the molecule is CN(C)C(=O)C(=O)c1c[nH]c2ccc(N(c3ccc(C4CCCCC4)cc3)S(=O)O)cc12. The molecule has 0 bridgehead atoms. The highest BCUT2D eigenvalue weighted by atomic mass is 32.2. The molecule has 168 valence electrons. The lowest BCUT2D eigenvalue weighted by Gasteiger charge is -2.24. The van der Waals surface area contributed by atoms with E-state index in [0.29, 0.717) is 28.2 Å². The normalized spacial score (nSPS) is 15.5. The van der Waals surface area contributed by atoms with E-state index in [-0.39, 0.29) is 5.56 Å². The zero-order valence-corrected chi connectivity index (χ0v) is 19.0. The first-order valence-electron chi connectivity index (χ1n) is 10.7. The number of carbonyl (C=O) groups excluding carboxylic acids is 2. The van der Waals surface area contributed by atoms with Crippen LogP contribution in [0.5, 0.6) is 0 Å². The molecule has 1 aromatic heterocycles. The van der Waals surface area contributed by atoms with Crippen molar-refractivity contribution < 1.29 is 18.4 Å². The van der Waals surface area contributed by atoms with Crippen LogP contribution < -0.4 is 4.31 Å². The molecule has 1 fully saturated rings. The number of benzene rings is 2. The summed E-state index contributed by atoms with van der Waals surface area (Å²) in [5, 5.41) is 0.525. The van der Waals surface area contributed by atoms with Crippen molar-refractivity contribution in [2.24, 2.45) is 0 Å². The number of fused-ring (bicyclic) bond motifs is 1. The summed E-state index contributed by atoms with van der Waals surface area (Å²) < 4.78 is 23.6. The first-order valence-corrected chi connectivity index (χ1v) is 11.8. The second-order valence-corrected chi connectivity index (χ2v) is 9.24. The van der Waals surface area contributed by atoms with E-state index in [0.717, 1.165) is 0 Å². The number of H-pyrrole nitrogens is 1. The minimum Gasteiger partial charge on any atom is -0.360 e. The third-order valence-corrected chi connectivity index (χ3v) is 6.84. The maximum atomic E-state index is 12.6. The van der Waals surface area contributed by atoms with Crippen molar-refractivity contribution in [1.29, 1.82) is 0 Å². The van der Waals surface area contributed by atoms with E-state index < -0.39 is 23.0 Å². The number of likely N-dealkylation sites (N-methyl/N-ethyl adjacent to an activating group) is 1. The Morgan fingerprint density at radius 3 is 2.28 bits per heavy atom. The van der Waals surface area contributed by atoms with E-state index in [1.807, 2.05) is 24.3 Å². The second-order valence-electron chi connectivity index (χ2n) is 8.41. The van der Waals surface area contributed by atoms with Gasteiger partial charge in [-0.15, -0.1) is 0 Å². The van der Waals surface area contributed by atoms with Gasteiger partial charge < -0.3 is 9.88 Å². The van der Waals surface area contributed by atoms with Gasteiger partial charge >= 0.3 is 0 Å². The Hall–Kier alpha value is -2.97. The molecular formula is C24H27N3O4S. The fourth-order valence-corrected chi connectivity index (χ4v) is 4.98. The van der Waals surface area contributed by atoms with Crippen molar-refractivity contribution in [2.75, 3.05) is 18.4 Å². The summed E-state index contributed by atoms with van der Waals surface area (Å²) in [6.07, 6.45) is 7.64. The Kier molecular flexibility index (Phi) is 6.43. The number of carbonyl (C=O) groups is 2. The fourth-order valence-electron chi connectivity index (χ4n) is 4.39. The van der Waals surface area contributed by atoms with E-state index in [1.54, 1.807) is 18.2 Å². The smallest absolute Gasteiger partial charge is 0.294 e. The molecule has 0 saturated heterocycles. The topological polar surface area (TPSA) is 93.7 Å². The molecule has 32 heavy (non-hydrogen) atoms. The van der Waals surface area contributed by atoms with Gasteiger partial charge in [0.1, 0.15) is 0 Å². The molecule has 0 spiro atoms. The number of rotatable bonds is 6. The van der Waals surface area contributed by atoms with E-state index in [9.17, 15) is 18.4 Å². The molecule has 7 nitrogen and oxygen atoms in total. The van der Waals surface area contributed by atoms with E-state index in [4.69, 9.17) is 0 Å². The Morgan fingerprint density at radius 2 is 1.66 bits per heavy atom. The number of Topliss-reactive ketones (excluding diaryl/α,β-unsaturated/α-hetero) is 1. The molecule has 0 radical (unpaired) electrons. The van der Waals surface area contributed by atoms with Crippen molar-refractivity contribution in [3.63, 3.8) is 0 Å². The molecule has 0 aliphatic heterocycles. The Bertz CT molecular complexity index is 1160. The predicted molar refractivity (Wildman–Crippen MR) is 127 cm³/mol. The molecule has 1 atom stereocenters. The number of aromatic amines is 1. The number of nitrogens with zero attached hydrogens (tertiary/aromatic N) is 2. The van der Waals surface area contributed by atoms with E-state index >= 15 is 0 Å². The summed E-state index contributed by atoms with van der Waals surface area (Å²) in [7, 11) is 3.04. The van der Waals surface area contributed by atoms with Crippen LogP contribution in [0.3, 0.4) is 0 Å². The molecule has 1 unspecified atom stereocenters. The molecular weight excluding hydrogens is 426 g/mol. The Labute approximate surface area is 189 Å². The van der Waals surface area contributed by atoms with Crippen LogP contribution in [0.15, 0.2) is 48.7 Å². The van der Waals surface area contributed by atoms with Gasteiger partial charge in [-0.05, 0) is 54.7 Å². The van der Waals surface area contributed by atoms with Gasteiger partial charge in [0.15, 0.2) is 0 Å². The number of hydrogen-bond donors (Lipinski definition) is 2. The minimum atomic E-state index is -2.32. The molecule has 3 aromatic rings. The standard InChI is InChI=1S/C24H27N3O4S/c1-26(2)24(29)23(28)21-15-25-22-13-12-19(14-20(21)22)27(32(30)31)18-10-8-17(9-11-18)16-6-4-3-5-7-16/h8-16,25H,3-7H2,1-2H3,(H,30,31). The highest BCUT2D eigenvalue weighted by molar-refractivity contribution is 7.81. The first kappa shape index (κ1) is 22.2. The lowest BCUT2D eigenvalue weighted by Crippen LogP contribution is -2.29. The molecule has 2 aromatic carbocycles. The number of anilines is 2. The Balaban J connectivity index is 1.68. The van der Waals surface area contributed by atoms with Crippen LogP contribution in [0.2, 0.25) is 0 Å². The summed E-state index contributed by atoms with van der Waals surface area (Å²) in [5.41, 5.74) is 3.19. The van der Waals surface area contributed by atoms with Crippen LogP contribution in [0.4, 0.5) is 11.4 Å². The van der Waals surface area contributed by atoms with Crippen LogP contribution in [0, 0.1) is 0 Å².